The van der Waals surface area contributed by atoms with Gasteiger partial charge in [0.25, 0.3) is 0 Å². The molecule has 0 aliphatic rings. The van der Waals surface area contributed by atoms with E-state index in [9.17, 15) is 0 Å². The molecule has 0 atom stereocenters. The van der Waals surface area contributed by atoms with Gasteiger partial charge in [0, 0.05) is 30.5 Å². The number of fused-ring (bicyclic) bond motifs is 1. The van der Waals surface area contributed by atoms with Crippen molar-refractivity contribution in [1.29, 1.82) is 0 Å². The first kappa shape index (κ1) is 13.2. The van der Waals surface area contributed by atoms with Crippen LogP contribution in [0.15, 0.2) is 48.5 Å². The van der Waals surface area contributed by atoms with E-state index < -0.39 is 0 Å². The Hall–Kier alpha value is -1.84. The third kappa shape index (κ3) is 2.69. The maximum atomic E-state index is 5.98. The topological polar surface area (TPSA) is 29.9 Å². The minimum atomic E-state index is 0.744. The van der Waals surface area contributed by atoms with Gasteiger partial charge in [0.15, 0.2) is 0 Å². The van der Waals surface area contributed by atoms with E-state index in [2.05, 4.69) is 28.6 Å². The summed E-state index contributed by atoms with van der Waals surface area (Å²) in [6, 6.07) is 16.2. The van der Waals surface area contributed by atoms with E-state index >= 15 is 0 Å². The van der Waals surface area contributed by atoms with Gasteiger partial charge in [0.2, 0.25) is 0 Å². The molecule has 0 aliphatic carbocycles. The Morgan fingerprint density at radius 3 is 2.80 bits per heavy atom. The number of aryl methyl sites for hydroxylation is 1. The van der Waals surface area contributed by atoms with Crippen molar-refractivity contribution in [1.82, 2.24) is 15.1 Å². The van der Waals surface area contributed by atoms with Crippen molar-refractivity contribution in [2.45, 2.75) is 13.1 Å². The van der Waals surface area contributed by atoms with Crippen molar-refractivity contribution in [2.75, 3.05) is 0 Å². The zero-order chi connectivity index (χ0) is 13.9. The van der Waals surface area contributed by atoms with Crippen LogP contribution in [0.4, 0.5) is 0 Å². The molecule has 1 heterocycles. The maximum absolute atomic E-state index is 5.98. The number of rotatable bonds is 4. The molecule has 0 saturated heterocycles. The lowest BCUT2D eigenvalue weighted by Gasteiger charge is -2.04. The second-order valence-electron chi connectivity index (χ2n) is 4.82. The van der Waals surface area contributed by atoms with Crippen molar-refractivity contribution in [3.8, 4) is 0 Å². The summed E-state index contributed by atoms with van der Waals surface area (Å²) in [5, 5.41) is 9.96. The largest absolute Gasteiger partial charge is 0.307 e. The quantitative estimate of drug-likeness (QED) is 0.795. The SMILES string of the molecule is Cn1nc(CNCc2cccc(Cl)c2)c2ccccc21. The summed E-state index contributed by atoms with van der Waals surface area (Å²) >= 11 is 5.98. The molecular weight excluding hydrogens is 270 g/mol. The predicted octanol–water partition coefficient (Wildman–Crippen LogP) is 3.52. The first-order chi connectivity index (χ1) is 9.74. The van der Waals surface area contributed by atoms with Crippen molar-refractivity contribution < 1.29 is 0 Å². The number of nitrogens with one attached hydrogen (secondary N) is 1. The normalized spacial score (nSPS) is 11.1. The minimum absolute atomic E-state index is 0.744. The number of aromatic nitrogens is 2. The van der Waals surface area contributed by atoms with E-state index in [0.717, 1.165) is 29.3 Å². The molecule has 0 spiro atoms. The van der Waals surface area contributed by atoms with E-state index in [1.54, 1.807) is 0 Å². The molecule has 20 heavy (non-hydrogen) atoms. The van der Waals surface area contributed by atoms with Crippen LogP contribution in [-0.4, -0.2) is 9.78 Å². The Labute approximate surface area is 123 Å². The zero-order valence-electron chi connectivity index (χ0n) is 11.3. The van der Waals surface area contributed by atoms with Crippen LogP contribution in [0, 0.1) is 0 Å². The van der Waals surface area contributed by atoms with Crippen LogP contribution in [0.5, 0.6) is 0 Å². The van der Waals surface area contributed by atoms with E-state index in [4.69, 9.17) is 11.6 Å². The molecule has 1 N–H and O–H groups in total. The van der Waals surface area contributed by atoms with Gasteiger partial charge in [-0.15, -0.1) is 0 Å². The van der Waals surface area contributed by atoms with Crippen molar-refractivity contribution in [3.05, 3.63) is 64.8 Å². The first-order valence-electron chi connectivity index (χ1n) is 6.60. The average molecular weight is 286 g/mol. The molecule has 0 fully saturated rings. The lowest BCUT2D eigenvalue weighted by molar-refractivity contribution is 0.662. The Kier molecular flexibility index (Phi) is 3.72. The molecule has 2 aromatic carbocycles. The highest BCUT2D eigenvalue weighted by Crippen LogP contribution is 2.17. The molecule has 3 nitrogen and oxygen atoms in total. The molecular formula is C16H16ClN3. The van der Waals surface area contributed by atoms with E-state index in [1.165, 1.54) is 10.9 Å². The number of halogens is 1. The fourth-order valence-corrected chi connectivity index (χ4v) is 2.60. The highest BCUT2D eigenvalue weighted by Gasteiger charge is 2.06. The van der Waals surface area contributed by atoms with Crippen LogP contribution in [0.3, 0.4) is 0 Å². The summed E-state index contributed by atoms with van der Waals surface area (Å²) in [7, 11) is 1.98. The standard InChI is InChI=1S/C16H16ClN3/c1-20-16-8-3-2-7-14(16)15(19-20)11-18-10-12-5-4-6-13(17)9-12/h2-9,18H,10-11H2,1H3. The van der Waals surface area contributed by atoms with E-state index in [0.29, 0.717) is 0 Å². The lowest BCUT2D eigenvalue weighted by Crippen LogP contribution is -2.13. The first-order valence-corrected chi connectivity index (χ1v) is 6.97. The molecule has 0 radical (unpaired) electrons. The predicted molar refractivity (Wildman–Crippen MR) is 82.7 cm³/mol. The Balaban J connectivity index is 1.71. The van der Waals surface area contributed by atoms with Gasteiger partial charge in [-0.2, -0.15) is 5.10 Å². The number of benzene rings is 2. The van der Waals surface area contributed by atoms with Gasteiger partial charge in [-0.25, -0.2) is 0 Å². The third-order valence-corrected chi connectivity index (χ3v) is 3.58. The molecule has 0 bridgehead atoms. The Morgan fingerprint density at radius 2 is 1.95 bits per heavy atom. The maximum Gasteiger partial charge on any atom is 0.0841 e. The molecule has 102 valence electrons. The van der Waals surface area contributed by atoms with Gasteiger partial charge in [-0.1, -0.05) is 41.9 Å². The van der Waals surface area contributed by atoms with Crippen molar-refractivity contribution in [2.24, 2.45) is 7.05 Å². The van der Waals surface area contributed by atoms with E-state index in [1.807, 2.05) is 42.1 Å². The molecule has 0 unspecified atom stereocenters. The van der Waals surface area contributed by atoms with Gasteiger partial charge in [0.05, 0.1) is 11.2 Å². The number of hydrogen-bond donors (Lipinski definition) is 1. The van der Waals surface area contributed by atoms with Crippen LogP contribution in [0.25, 0.3) is 10.9 Å². The molecule has 0 amide bonds. The van der Waals surface area contributed by atoms with Gasteiger partial charge >= 0.3 is 0 Å². The van der Waals surface area contributed by atoms with Crippen molar-refractivity contribution >= 4 is 22.5 Å². The fraction of sp³-hybridized carbons (Fsp3) is 0.188. The smallest absolute Gasteiger partial charge is 0.0841 e. The van der Waals surface area contributed by atoms with Gasteiger partial charge in [-0.05, 0) is 23.8 Å². The summed E-state index contributed by atoms with van der Waals surface area (Å²) in [6.45, 7) is 1.53. The molecule has 1 aromatic heterocycles. The van der Waals surface area contributed by atoms with Crippen molar-refractivity contribution in [3.63, 3.8) is 0 Å². The van der Waals surface area contributed by atoms with Crippen LogP contribution in [0.1, 0.15) is 11.3 Å². The number of hydrogen-bond acceptors (Lipinski definition) is 2. The molecule has 0 saturated carbocycles. The molecule has 3 rings (SSSR count). The molecule has 4 heteroatoms. The number of nitrogens with zero attached hydrogens (tertiary/aromatic N) is 2. The highest BCUT2D eigenvalue weighted by atomic mass is 35.5. The Bertz CT molecular complexity index is 733. The monoisotopic (exact) mass is 285 g/mol. The van der Waals surface area contributed by atoms with Crippen LogP contribution >= 0.6 is 11.6 Å². The fourth-order valence-electron chi connectivity index (χ4n) is 2.39. The minimum Gasteiger partial charge on any atom is -0.307 e. The number of para-hydroxylation sites is 1. The van der Waals surface area contributed by atoms with Gasteiger partial charge in [-0.3, -0.25) is 4.68 Å². The molecule has 0 aliphatic heterocycles. The second kappa shape index (κ2) is 5.65. The van der Waals surface area contributed by atoms with Crippen LogP contribution in [0.2, 0.25) is 5.02 Å². The molecule has 3 aromatic rings. The highest BCUT2D eigenvalue weighted by molar-refractivity contribution is 6.30. The third-order valence-electron chi connectivity index (χ3n) is 3.34. The van der Waals surface area contributed by atoms with Gasteiger partial charge in [0.1, 0.15) is 0 Å². The van der Waals surface area contributed by atoms with Gasteiger partial charge < -0.3 is 5.32 Å². The summed E-state index contributed by atoms with van der Waals surface area (Å²) in [4.78, 5) is 0. The summed E-state index contributed by atoms with van der Waals surface area (Å²) in [5.74, 6) is 0. The average Bonchev–Trinajstić information content (AvgIpc) is 2.77. The van der Waals surface area contributed by atoms with Crippen LogP contribution < -0.4 is 5.32 Å². The Morgan fingerprint density at radius 1 is 1.10 bits per heavy atom. The summed E-state index contributed by atoms with van der Waals surface area (Å²) < 4.78 is 1.92. The summed E-state index contributed by atoms with van der Waals surface area (Å²) in [5.41, 5.74) is 3.41. The lowest BCUT2D eigenvalue weighted by atomic mass is 10.2. The van der Waals surface area contributed by atoms with E-state index in [-0.39, 0.29) is 0 Å². The summed E-state index contributed by atoms with van der Waals surface area (Å²) in [6.07, 6.45) is 0. The van der Waals surface area contributed by atoms with Crippen LogP contribution in [-0.2, 0) is 20.1 Å². The zero-order valence-corrected chi connectivity index (χ0v) is 12.1. The second-order valence-corrected chi connectivity index (χ2v) is 5.26.